The van der Waals surface area contributed by atoms with Crippen LogP contribution in [0.5, 0.6) is 0 Å². The average molecular weight is 267 g/mol. The van der Waals surface area contributed by atoms with Crippen molar-refractivity contribution in [2.45, 2.75) is 33.1 Å². The molecule has 3 nitrogen and oxygen atoms in total. The molecule has 2 heterocycles. The first kappa shape index (κ1) is 14.0. The minimum Gasteiger partial charge on any atom is -0.317 e. The van der Waals surface area contributed by atoms with E-state index >= 15 is 0 Å². The summed E-state index contributed by atoms with van der Waals surface area (Å²) in [5.74, 6) is 0.895. The van der Waals surface area contributed by atoms with Crippen molar-refractivity contribution in [3.8, 4) is 0 Å². The molecule has 1 fully saturated rings. The zero-order chi connectivity index (χ0) is 12.8. The number of hydrogen-bond acceptors (Lipinski definition) is 4. The average Bonchev–Trinajstić information content (AvgIpc) is 2.81. The summed E-state index contributed by atoms with van der Waals surface area (Å²) in [5.41, 5.74) is 3.19. The number of likely N-dealkylation sites (tertiary alicyclic amines) is 1. The van der Waals surface area contributed by atoms with E-state index in [4.69, 9.17) is 0 Å². The van der Waals surface area contributed by atoms with Gasteiger partial charge in [-0.3, -0.25) is 0 Å². The lowest BCUT2D eigenvalue weighted by Gasteiger charge is -2.31. The van der Waals surface area contributed by atoms with Crippen molar-refractivity contribution in [2.75, 3.05) is 32.7 Å². The van der Waals surface area contributed by atoms with Crippen LogP contribution in [0.4, 0.5) is 0 Å². The largest absolute Gasteiger partial charge is 0.317 e. The topological polar surface area (TPSA) is 28.2 Å². The van der Waals surface area contributed by atoms with Gasteiger partial charge in [0.2, 0.25) is 0 Å². The smallest absolute Gasteiger partial charge is 0.0797 e. The molecular formula is C14H25N3S. The summed E-state index contributed by atoms with van der Waals surface area (Å²) in [6, 6.07) is 0. The predicted octanol–water partition coefficient (Wildman–Crippen LogP) is 2.32. The van der Waals surface area contributed by atoms with E-state index in [2.05, 4.69) is 29.0 Å². The van der Waals surface area contributed by atoms with Crippen LogP contribution in [0.3, 0.4) is 0 Å². The molecule has 0 radical (unpaired) electrons. The number of hydrogen-bond donors (Lipinski definition) is 1. The van der Waals surface area contributed by atoms with Gasteiger partial charge in [0.1, 0.15) is 0 Å². The second-order valence-electron chi connectivity index (χ2n) is 5.20. The highest BCUT2D eigenvalue weighted by Crippen LogP contribution is 2.18. The fourth-order valence-electron chi connectivity index (χ4n) is 2.59. The molecule has 1 aromatic rings. The SMILES string of the molecule is CCNCC1CCN(CCc2scnc2C)CC1. The quantitative estimate of drug-likeness (QED) is 0.857. The molecular weight excluding hydrogens is 242 g/mol. The van der Waals surface area contributed by atoms with Crippen LogP contribution in [0.25, 0.3) is 0 Å². The summed E-state index contributed by atoms with van der Waals surface area (Å²) < 4.78 is 0. The number of nitrogens with one attached hydrogen (secondary N) is 1. The first-order chi connectivity index (χ1) is 8.79. The fraction of sp³-hybridized carbons (Fsp3) is 0.786. The van der Waals surface area contributed by atoms with E-state index in [-0.39, 0.29) is 0 Å². The third-order valence-electron chi connectivity index (χ3n) is 3.89. The van der Waals surface area contributed by atoms with Crippen LogP contribution >= 0.6 is 11.3 Å². The Bertz CT molecular complexity index is 343. The van der Waals surface area contributed by atoms with Crippen LogP contribution in [0.15, 0.2) is 5.51 Å². The third-order valence-corrected chi connectivity index (χ3v) is 4.88. The van der Waals surface area contributed by atoms with Gasteiger partial charge in [0.15, 0.2) is 0 Å². The number of aryl methyl sites for hydroxylation is 1. The highest BCUT2D eigenvalue weighted by molar-refractivity contribution is 7.09. The van der Waals surface area contributed by atoms with Crippen molar-refractivity contribution in [2.24, 2.45) is 5.92 Å². The molecule has 0 saturated carbocycles. The normalized spacial score (nSPS) is 18.3. The Labute approximate surface area is 115 Å². The van der Waals surface area contributed by atoms with Gasteiger partial charge < -0.3 is 10.2 Å². The summed E-state index contributed by atoms with van der Waals surface area (Å²) in [6.07, 6.45) is 3.89. The standard InChI is InChI=1S/C14H25N3S/c1-3-15-10-13-4-7-17(8-5-13)9-6-14-12(2)16-11-18-14/h11,13,15H,3-10H2,1-2H3. The van der Waals surface area contributed by atoms with Crippen LogP contribution in [0.1, 0.15) is 30.3 Å². The Kier molecular flexibility index (Phi) is 5.60. The van der Waals surface area contributed by atoms with Gasteiger partial charge in [0.05, 0.1) is 11.2 Å². The predicted molar refractivity (Wildman–Crippen MR) is 78.3 cm³/mol. The summed E-state index contributed by atoms with van der Waals surface area (Å²) in [6.45, 7) is 10.4. The summed E-state index contributed by atoms with van der Waals surface area (Å²) in [4.78, 5) is 8.39. The first-order valence-corrected chi connectivity index (χ1v) is 7.99. The molecule has 4 heteroatoms. The molecule has 1 aliphatic heterocycles. The van der Waals surface area contributed by atoms with Crippen LogP contribution in [-0.4, -0.2) is 42.6 Å². The van der Waals surface area contributed by atoms with Crippen molar-refractivity contribution in [3.05, 3.63) is 16.1 Å². The van der Waals surface area contributed by atoms with E-state index in [0.717, 1.165) is 12.5 Å². The molecule has 18 heavy (non-hydrogen) atoms. The van der Waals surface area contributed by atoms with Gasteiger partial charge in [-0.05, 0) is 58.3 Å². The van der Waals surface area contributed by atoms with Gasteiger partial charge >= 0.3 is 0 Å². The van der Waals surface area contributed by atoms with E-state index in [1.165, 1.54) is 56.0 Å². The Hall–Kier alpha value is -0.450. The molecule has 0 bridgehead atoms. The van der Waals surface area contributed by atoms with Crippen molar-refractivity contribution in [1.82, 2.24) is 15.2 Å². The molecule has 0 amide bonds. The Morgan fingerprint density at radius 2 is 2.22 bits per heavy atom. The van der Waals surface area contributed by atoms with E-state index in [1.807, 2.05) is 5.51 Å². The molecule has 0 aliphatic carbocycles. The van der Waals surface area contributed by atoms with Crippen LogP contribution in [-0.2, 0) is 6.42 Å². The molecule has 0 spiro atoms. The molecule has 1 aliphatic rings. The van der Waals surface area contributed by atoms with Crippen molar-refractivity contribution < 1.29 is 0 Å². The minimum absolute atomic E-state index is 0.895. The molecule has 0 unspecified atom stereocenters. The lowest BCUT2D eigenvalue weighted by atomic mass is 9.96. The van der Waals surface area contributed by atoms with Crippen LogP contribution in [0, 0.1) is 12.8 Å². The van der Waals surface area contributed by atoms with E-state index in [0.29, 0.717) is 0 Å². The maximum atomic E-state index is 4.32. The lowest BCUT2D eigenvalue weighted by Crippen LogP contribution is -2.38. The Morgan fingerprint density at radius 1 is 1.44 bits per heavy atom. The maximum Gasteiger partial charge on any atom is 0.0797 e. The molecule has 2 rings (SSSR count). The minimum atomic E-state index is 0.895. The monoisotopic (exact) mass is 267 g/mol. The van der Waals surface area contributed by atoms with Crippen molar-refractivity contribution in [3.63, 3.8) is 0 Å². The number of rotatable bonds is 6. The molecule has 102 valence electrons. The van der Waals surface area contributed by atoms with Crippen LogP contribution < -0.4 is 5.32 Å². The van der Waals surface area contributed by atoms with Crippen molar-refractivity contribution in [1.29, 1.82) is 0 Å². The Balaban J connectivity index is 1.66. The molecule has 1 aromatic heterocycles. The highest BCUT2D eigenvalue weighted by atomic mass is 32.1. The van der Waals surface area contributed by atoms with Gasteiger partial charge in [-0.1, -0.05) is 6.92 Å². The van der Waals surface area contributed by atoms with E-state index < -0.39 is 0 Å². The van der Waals surface area contributed by atoms with Gasteiger partial charge in [-0.2, -0.15) is 0 Å². The van der Waals surface area contributed by atoms with E-state index in [1.54, 1.807) is 11.3 Å². The number of nitrogens with zero attached hydrogens (tertiary/aromatic N) is 2. The maximum absolute atomic E-state index is 4.32. The van der Waals surface area contributed by atoms with Gasteiger partial charge in [-0.15, -0.1) is 11.3 Å². The highest BCUT2D eigenvalue weighted by Gasteiger charge is 2.18. The Morgan fingerprint density at radius 3 is 2.83 bits per heavy atom. The lowest BCUT2D eigenvalue weighted by molar-refractivity contribution is 0.185. The van der Waals surface area contributed by atoms with Crippen molar-refractivity contribution >= 4 is 11.3 Å². The molecule has 0 aromatic carbocycles. The zero-order valence-electron chi connectivity index (χ0n) is 11.6. The molecule has 0 atom stereocenters. The molecule has 1 N–H and O–H groups in total. The van der Waals surface area contributed by atoms with E-state index in [9.17, 15) is 0 Å². The first-order valence-electron chi connectivity index (χ1n) is 7.11. The fourth-order valence-corrected chi connectivity index (χ4v) is 3.36. The second-order valence-corrected chi connectivity index (χ2v) is 6.14. The third kappa shape index (κ3) is 4.04. The summed E-state index contributed by atoms with van der Waals surface area (Å²) >= 11 is 1.80. The second kappa shape index (κ2) is 7.22. The van der Waals surface area contributed by atoms with Crippen LogP contribution in [0.2, 0.25) is 0 Å². The van der Waals surface area contributed by atoms with Gasteiger partial charge in [0.25, 0.3) is 0 Å². The van der Waals surface area contributed by atoms with Gasteiger partial charge in [0, 0.05) is 11.4 Å². The number of aromatic nitrogens is 1. The zero-order valence-corrected chi connectivity index (χ0v) is 12.4. The number of piperidine rings is 1. The summed E-state index contributed by atoms with van der Waals surface area (Å²) in [5, 5.41) is 3.47. The number of thiazole rings is 1. The molecule has 1 saturated heterocycles. The summed E-state index contributed by atoms with van der Waals surface area (Å²) in [7, 11) is 0. The van der Waals surface area contributed by atoms with Gasteiger partial charge in [-0.25, -0.2) is 4.98 Å².